The van der Waals surface area contributed by atoms with E-state index in [2.05, 4.69) is 14.5 Å². The lowest BCUT2D eigenvalue weighted by atomic mass is 10.3. The highest BCUT2D eigenvalue weighted by Gasteiger charge is 2.06. The molecule has 0 aliphatic carbocycles. The third-order valence-corrected chi connectivity index (χ3v) is 0.916. The topological polar surface area (TPSA) is 61.8 Å². The molecule has 0 saturated heterocycles. The van der Waals surface area contributed by atoms with Crippen LogP contribution in [0.4, 0.5) is 0 Å². The maximum absolute atomic E-state index is 10.6. The molecule has 5 nitrogen and oxygen atoms in total. The molecule has 70 valence electrons. The summed E-state index contributed by atoms with van der Waals surface area (Å²) in [5.74, 6) is -0.936. The van der Waals surface area contributed by atoms with Crippen molar-refractivity contribution in [2.45, 2.75) is 13.3 Å². The SMILES string of the molecule is COCCOOC(=O)CC(C)=O. The zero-order valence-electron chi connectivity index (χ0n) is 7.16. The summed E-state index contributed by atoms with van der Waals surface area (Å²) in [7, 11) is 1.50. The average Bonchev–Trinajstić information content (AvgIpc) is 1.97. The van der Waals surface area contributed by atoms with Crippen molar-refractivity contribution in [3.05, 3.63) is 0 Å². The van der Waals surface area contributed by atoms with Crippen LogP contribution < -0.4 is 0 Å². The minimum Gasteiger partial charge on any atom is -0.382 e. The highest BCUT2D eigenvalue weighted by atomic mass is 17.2. The van der Waals surface area contributed by atoms with Crippen LogP contribution in [0.5, 0.6) is 0 Å². The molecule has 12 heavy (non-hydrogen) atoms. The van der Waals surface area contributed by atoms with E-state index in [1.54, 1.807) is 0 Å². The van der Waals surface area contributed by atoms with Crippen LogP contribution in [0.25, 0.3) is 0 Å². The third kappa shape index (κ3) is 7.17. The molecule has 0 rings (SSSR count). The summed E-state index contributed by atoms with van der Waals surface area (Å²) in [5.41, 5.74) is 0. The van der Waals surface area contributed by atoms with E-state index in [4.69, 9.17) is 0 Å². The lowest BCUT2D eigenvalue weighted by Gasteiger charge is -2.00. The average molecular weight is 176 g/mol. The Hall–Kier alpha value is -0.940. The molecule has 0 heterocycles. The smallest absolute Gasteiger partial charge is 0.349 e. The molecule has 0 atom stereocenters. The van der Waals surface area contributed by atoms with Crippen LogP contribution in [0.15, 0.2) is 0 Å². The monoisotopic (exact) mass is 176 g/mol. The fourth-order valence-electron chi connectivity index (χ4n) is 0.457. The lowest BCUT2D eigenvalue weighted by molar-refractivity contribution is -0.275. The van der Waals surface area contributed by atoms with Gasteiger partial charge in [0.1, 0.15) is 18.8 Å². The van der Waals surface area contributed by atoms with Gasteiger partial charge in [-0.2, -0.15) is 4.89 Å². The van der Waals surface area contributed by atoms with Gasteiger partial charge in [0.25, 0.3) is 0 Å². The second kappa shape index (κ2) is 6.75. The van der Waals surface area contributed by atoms with E-state index in [0.29, 0.717) is 6.61 Å². The first kappa shape index (κ1) is 11.1. The van der Waals surface area contributed by atoms with Gasteiger partial charge < -0.3 is 4.74 Å². The van der Waals surface area contributed by atoms with Gasteiger partial charge in [-0.15, -0.1) is 0 Å². The summed E-state index contributed by atoms with van der Waals surface area (Å²) in [6.07, 6.45) is -0.257. The zero-order chi connectivity index (χ0) is 9.40. The van der Waals surface area contributed by atoms with Crippen molar-refractivity contribution in [1.29, 1.82) is 0 Å². The Morgan fingerprint density at radius 2 is 1.92 bits per heavy atom. The van der Waals surface area contributed by atoms with Crippen molar-refractivity contribution < 1.29 is 24.1 Å². The first-order valence-electron chi connectivity index (χ1n) is 3.47. The molecule has 0 N–H and O–H groups in total. The zero-order valence-corrected chi connectivity index (χ0v) is 7.16. The van der Waals surface area contributed by atoms with Gasteiger partial charge in [0.15, 0.2) is 0 Å². The van der Waals surface area contributed by atoms with Gasteiger partial charge in [-0.1, -0.05) is 0 Å². The maximum Gasteiger partial charge on any atom is 0.349 e. The summed E-state index contributed by atoms with van der Waals surface area (Å²) in [6, 6.07) is 0. The second-order valence-electron chi connectivity index (χ2n) is 2.15. The summed E-state index contributed by atoms with van der Waals surface area (Å²) in [6.45, 7) is 1.81. The van der Waals surface area contributed by atoms with Gasteiger partial charge in [0, 0.05) is 7.11 Å². The maximum atomic E-state index is 10.6. The molecule has 0 spiro atoms. The minimum absolute atomic E-state index is 0.167. The molecule has 5 heteroatoms. The molecule has 0 aromatic heterocycles. The van der Waals surface area contributed by atoms with Crippen molar-refractivity contribution in [2.24, 2.45) is 0 Å². The molecule has 0 aliphatic heterocycles. The van der Waals surface area contributed by atoms with Gasteiger partial charge >= 0.3 is 5.97 Å². The van der Waals surface area contributed by atoms with Crippen molar-refractivity contribution in [3.63, 3.8) is 0 Å². The number of hydrogen-bond donors (Lipinski definition) is 0. The molecular formula is C7H12O5. The number of Topliss-reactive ketones (excluding diaryl/α,β-unsaturated/α-hetero) is 1. The minimum atomic E-state index is -0.682. The molecule has 0 aromatic carbocycles. The molecule has 0 radical (unpaired) electrons. The van der Waals surface area contributed by atoms with E-state index >= 15 is 0 Å². The standard InChI is InChI=1S/C7H12O5/c1-6(8)5-7(9)12-11-4-3-10-2/h3-5H2,1-2H3. The number of carbonyl (C=O) groups is 2. The highest BCUT2D eigenvalue weighted by Crippen LogP contribution is 1.88. The molecule has 0 saturated carbocycles. The van der Waals surface area contributed by atoms with Crippen LogP contribution in [0.2, 0.25) is 0 Å². The van der Waals surface area contributed by atoms with Gasteiger partial charge in [-0.25, -0.2) is 4.79 Å². The number of rotatable bonds is 6. The Balaban J connectivity index is 3.26. The van der Waals surface area contributed by atoms with Crippen molar-refractivity contribution in [3.8, 4) is 0 Å². The molecule has 0 fully saturated rings. The molecular weight excluding hydrogens is 164 g/mol. The molecule has 0 unspecified atom stereocenters. The van der Waals surface area contributed by atoms with Gasteiger partial charge in [-0.3, -0.25) is 9.68 Å². The molecule has 0 aromatic rings. The second-order valence-corrected chi connectivity index (χ2v) is 2.15. The number of ether oxygens (including phenoxy) is 1. The summed E-state index contributed by atoms with van der Waals surface area (Å²) >= 11 is 0. The van der Waals surface area contributed by atoms with E-state index in [0.717, 1.165) is 0 Å². The normalized spacial score (nSPS) is 9.50. The first-order chi connectivity index (χ1) is 5.66. The lowest BCUT2D eigenvalue weighted by Crippen LogP contribution is -2.11. The Morgan fingerprint density at radius 3 is 2.42 bits per heavy atom. The van der Waals surface area contributed by atoms with Crippen LogP contribution in [0.1, 0.15) is 13.3 Å². The van der Waals surface area contributed by atoms with Crippen LogP contribution in [-0.2, 0) is 24.1 Å². The quantitative estimate of drug-likeness (QED) is 0.248. The van der Waals surface area contributed by atoms with Crippen molar-refractivity contribution >= 4 is 11.8 Å². The van der Waals surface area contributed by atoms with Crippen molar-refractivity contribution in [2.75, 3.05) is 20.3 Å². The third-order valence-electron chi connectivity index (χ3n) is 0.916. The van der Waals surface area contributed by atoms with Gasteiger partial charge in [-0.05, 0) is 6.92 Å². The Bertz CT molecular complexity index is 154. The van der Waals surface area contributed by atoms with Crippen LogP contribution in [0.3, 0.4) is 0 Å². The van der Waals surface area contributed by atoms with Crippen LogP contribution >= 0.6 is 0 Å². The predicted molar refractivity (Wildman–Crippen MR) is 39.2 cm³/mol. The van der Waals surface area contributed by atoms with Crippen molar-refractivity contribution in [1.82, 2.24) is 0 Å². The van der Waals surface area contributed by atoms with E-state index in [1.165, 1.54) is 14.0 Å². The number of hydrogen-bond acceptors (Lipinski definition) is 5. The Kier molecular flexibility index (Phi) is 6.22. The Labute approximate surface area is 70.5 Å². The molecule has 0 amide bonds. The first-order valence-corrected chi connectivity index (χ1v) is 3.47. The van der Waals surface area contributed by atoms with Crippen LogP contribution in [-0.4, -0.2) is 32.1 Å². The highest BCUT2D eigenvalue weighted by molar-refractivity contribution is 5.93. The number of ketones is 1. The molecule has 0 bridgehead atoms. The fourth-order valence-corrected chi connectivity index (χ4v) is 0.457. The van der Waals surface area contributed by atoms with E-state index in [1.807, 2.05) is 0 Å². The summed E-state index contributed by atoms with van der Waals surface area (Å²) in [5, 5.41) is 0. The summed E-state index contributed by atoms with van der Waals surface area (Å²) < 4.78 is 4.62. The Morgan fingerprint density at radius 1 is 1.25 bits per heavy atom. The van der Waals surface area contributed by atoms with Gasteiger partial charge in [0.05, 0.1) is 6.61 Å². The predicted octanol–water partition coefficient (Wildman–Crippen LogP) is 0.0867. The largest absolute Gasteiger partial charge is 0.382 e. The van der Waals surface area contributed by atoms with E-state index < -0.39 is 5.97 Å². The van der Waals surface area contributed by atoms with E-state index in [-0.39, 0.29) is 18.8 Å². The number of methoxy groups -OCH3 is 1. The summed E-state index contributed by atoms with van der Waals surface area (Å²) in [4.78, 5) is 29.6. The fraction of sp³-hybridized carbons (Fsp3) is 0.714. The van der Waals surface area contributed by atoms with Crippen LogP contribution in [0, 0.1) is 0 Å². The van der Waals surface area contributed by atoms with E-state index in [9.17, 15) is 9.59 Å². The van der Waals surface area contributed by atoms with Gasteiger partial charge in [0.2, 0.25) is 0 Å². The number of carbonyl (C=O) groups excluding carboxylic acids is 2. The molecule has 0 aliphatic rings.